The van der Waals surface area contributed by atoms with Crippen LogP contribution in [0.1, 0.15) is 0 Å². The first-order valence-corrected chi connectivity index (χ1v) is 7.68. The number of morpholine rings is 1. The Labute approximate surface area is 150 Å². The molecule has 1 fully saturated rings. The molecule has 0 radical (unpaired) electrons. The molecule has 1 amide bonds. The van der Waals surface area contributed by atoms with Crippen molar-refractivity contribution in [2.45, 2.75) is 12.2 Å². The summed E-state index contributed by atoms with van der Waals surface area (Å²) < 4.78 is 10.7. The minimum absolute atomic E-state index is 0. The molecule has 1 aliphatic rings. The van der Waals surface area contributed by atoms with Crippen molar-refractivity contribution in [2.24, 2.45) is 0 Å². The third-order valence-electron chi connectivity index (χ3n) is 3.08. The summed E-state index contributed by atoms with van der Waals surface area (Å²) in [6.07, 6.45) is -1.39. The van der Waals surface area contributed by atoms with E-state index < -0.39 is 12.2 Å². The number of ether oxygens (including phenoxy) is 2. The summed E-state index contributed by atoms with van der Waals surface area (Å²) in [5.41, 5.74) is 0. The Bertz CT molecular complexity index is 513. The topological polar surface area (TPSA) is 79.8 Å². The van der Waals surface area contributed by atoms with Gasteiger partial charge in [0.15, 0.2) is 0 Å². The van der Waals surface area contributed by atoms with Gasteiger partial charge in [-0.3, -0.25) is 4.79 Å². The highest BCUT2D eigenvalue weighted by Crippen LogP contribution is 2.31. The summed E-state index contributed by atoms with van der Waals surface area (Å²) in [4.78, 5) is 11.8. The number of nitrogens with one attached hydrogen (secondary N) is 2. The van der Waals surface area contributed by atoms with Gasteiger partial charge in [0, 0.05) is 19.6 Å². The molecule has 0 aromatic heterocycles. The van der Waals surface area contributed by atoms with Crippen LogP contribution in [0.2, 0.25) is 10.0 Å². The predicted molar refractivity (Wildman–Crippen MR) is 90.8 cm³/mol. The van der Waals surface area contributed by atoms with E-state index in [0.29, 0.717) is 28.9 Å². The molecule has 1 aromatic carbocycles. The highest BCUT2D eigenvalue weighted by molar-refractivity contribution is 6.42. The number of aliphatic hydroxyl groups is 1. The molecule has 130 valence electrons. The first-order valence-electron chi connectivity index (χ1n) is 6.93. The Kier molecular flexibility index (Phi) is 8.98. The maximum absolute atomic E-state index is 11.8. The van der Waals surface area contributed by atoms with Crippen LogP contribution >= 0.6 is 35.6 Å². The van der Waals surface area contributed by atoms with Gasteiger partial charge in [-0.25, -0.2) is 0 Å². The molecule has 23 heavy (non-hydrogen) atoms. The van der Waals surface area contributed by atoms with E-state index in [9.17, 15) is 9.90 Å². The Morgan fingerprint density at radius 3 is 3.00 bits per heavy atom. The fourth-order valence-corrected chi connectivity index (χ4v) is 2.25. The smallest absolute Gasteiger partial charge is 0.250 e. The van der Waals surface area contributed by atoms with Gasteiger partial charge in [-0.1, -0.05) is 29.3 Å². The van der Waals surface area contributed by atoms with E-state index in [1.165, 1.54) is 0 Å². The molecule has 0 saturated carbocycles. The molecular weight excluding hydrogens is 367 g/mol. The highest BCUT2D eigenvalue weighted by atomic mass is 35.5. The average Bonchev–Trinajstić information content (AvgIpc) is 2.54. The summed E-state index contributed by atoms with van der Waals surface area (Å²) >= 11 is 11.8. The zero-order valence-electron chi connectivity index (χ0n) is 12.3. The van der Waals surface area contributed by atoms with E-state index >= 15 is 0 Å². The number of hydrogen-bond donors (Lipinski definition) is 3. The number of rotatable bonds is 6. The van der Waals surface area contributed by atoms with E-state index in [1.54, 1.807) is 18.2 Å². The number of aliphatic hydroxyl groups excluding tert-OH is 1. The van der Waals surface area contributed by atoms with Gasteiger partial charge in [0.25, 0.3) is 5.91 Å². The predicted octanol–water partition coefficient (Wildman–Crippen LogP) is 1.26. The molecule has 9 heteroatoms. The molecule has 0 bridgehead atoms. The first kappa shape index (κ1) is 20.3. The summed E-state index contributed by atoms with van der Waals surface area (Å²) in [6, 6.07) is 5.00. The zero-order chi connectivity index (χ0) is 15.9. The molecule has 1 saturated heterocycles. The minimum atomic E-state index is -0.865. The van der Waals surface area contributed by atoms with Gasteiger partial charge in [-0.05, 0) is 12.1 Å². The van der Waals surface area contributed by atoms with Gasteiger partial charge in [0.05, 0.1) is 11.6 Å². The number of benzene rings is 1. The normalized spacial score (nSPS) is 18.7. The van der Waals surface area contributed by atoms with E-state index in [4.69, 9.17) is 32.7 Å². The van der Waals surface area contributed by atoms with Crippen molar-refractivity contribution in [3.05, 3.63) is 28.2 Å². The quantitative estimate of drug-likeness (QED) is 0.687. The second-order valence-corrected chi connectivity index (χ2v) is 5.61. The highest BCUT2D eigenvalue weighted by Gasteiger charge is 2.22. The minimum Gasteiger partial charge on any atom is -0.489 e. The van der Waals surface area contributed by atoms with Gasteiger partial charge in [0.1, 0.15) is 29.6 Å². The molecule has 2 rings (SSSR count). The second-order valence-electron chi connectivity index (χ2n) is 4.83. The van der Waals surface area contributed by atoms with Gasteiger partial charge < -0.3 is 25.2 Å². The molecule has 2 unspecified atom stereocenters. The average molecular weight is 386 g/mol. The lowest BCUT2D eigenvalue weighted by Crippen LogP contribution is -2.49. The van der Waals surface area contributed by atoms with Crippen LogP contribution in [-0.2, 0) is 9.53 Å². The van der Waals surface area contributed by atoms with Crippen LogP contribution in [0.15, 0.2) is 18.2 Å². The number of hydrogen-bond acceptors (Lipinski definition) is 5. The SMILES string of the molecule is Cl.O=C(NCC(O)COc1cccc(Cl)c1Cl)C1CNCCO1. The Morgan fingerprint density at radius 2 is 2.30 bits per heavy atom. The van der Waals surface area contributed by atoms with Crippen molar-refractivity contribution in [1.29, 1.82) is 0 Å². The largest absolute Gasteiger partial charge is 0.489 e. The fraction of sp³-hybridized carbons (Fsp3) is 0.500. The number of carbonyl (C=O) groups is 1. The third kappa shape index (κ3) is 6.33. The summed E-state index contributed by atoms with van der Waals surface area (Å²) in [7, 11) is 0. The Hall–Kier alpha value is -0.760. The molecule has 1 aromatic rings. The first-order chi connectivity index (χ1) is 10.6. The Balaban J connectivity index is 0.00000264. The lowest BCUT2D eigenvalue weighted by molar-refractivity contribution is -0.134. The van der Waals surface area contributed by atoms with E-state index in [2.05, 4.69) is 10.6 Å². The number of halogens is 3. The number of carbonyl (C=O) groups excluding carboxylic acids is 1. The molecule has 3 N–H and O–H groups in total. The van der Waals surface area contributed by atoms with Crippen LogP contribution < -0.4 is 15.4 Å². The molecular formula is C14H19Cl3N2O4. The van der Waals surface area contributed by atoms with Crippen molar-refractivity contribution in [3.8, 4) is 5.75 Å². The van der Waals surface area contributed by atoms with Gasteiger partial charge in [-0.15, -0.1) is 12.4 Å². The van der Waals surface area contributed by atoms with Crippen LogP contribution in [0.5, 0.6) is 5.75 Å². The van der Waals surface area contributed by atoms with Crippen molar-refractivity contribution >= 4 is 41.5 Å². The van der Waals surface area contributed by atoms with Crippen LogP contribution in [0.4, 0.5) is 0 Å². The standard InChI is InChI=1S/C14H18Cl2N2O4.ClH/c15-10-2-1-3-11(13(10)16)22-8-9(19)6-18-14(20)12-7-17-4-5-21-12;/h1-3,9,12,17,19H,4-8H2,(H,18,20);1H. The monoisotopic (exact) mass is 384 g/mol. The third-order valence-corrected chi connectivity index (χ3v) is 3.88. The van der Waals surface area contributed by atoms with Gasteiger partial charge in [0.2, 0.25) is 0 Å². The lowest BCUT2D eigenvalue weighted by atomic mass is 10.2. The molecule has 0 spiro atoms. The molecule has 2 atom stereocenters. The van der Waals surface area contributed by atoms with Crippen LogP contribution in [0.3, 0.4) is 0 Å². The molecule has 6 nitrogen and oxygen atoms in total. The van der Waals surface area contributed by atoms with Crippen LogP contribution in [0.25, 0.3) is 0 Å². The van der Waals surface area contributed by atoms with E-state index in [1.807, 2.05) is 0 Å². The molecule has 1 heterocycles. The summed E-state index contributed by atoms with van der Waals surface area (Å²) in [5.74, 6) is 0.131. The zero-order valence-corrected chi connectivity index (χ0v) is 14.6. The van der Waals surface area contributed by atoms with E-state index in [0.717, 1.165) is 6.54 Å². The molecule has 1 aliphatic heterocycles. The maximum atomic E-state index is 11.8. The van der Waals surface area contributed by atoms with Crippen molar-refractivity contribution in [2.75, 3.05) is 32.8 Å². The van der Waals surface area contributed by atoms with Gasteiger partial charge >= 0.3 is 0 Å². The van der Waals surface area contributed by atoms with E-state index in [-0.39, 0.29) is 31.5 Å². The second kappa shape index (κ2) is 10.2. The Morgan fingerprint density at radius 1 is 1.52 bits per heavy atom. The molecule has 0 aliphatic carbocycles. The number of amides is 1. The maximum Gasteiger partial charge on any atom is 0.250 e. The van der Waals surface area contributed by atoms with Crippen LogP contribution in [-0.4, -0.2) is 56.1 Å². The van der Waals surface area contributed by atoms with Gasteiger partial charge in [-0.2, -0.15) is 0 Å². The van der Waals surface area contributed by atoms with Crippen molar-refractivity contribution < 1.29 is 19.4 Å². The summed E-state index contributed by atoms with van der Waals surface area (Å²) in [6.45, 7) is 1.76. The lowest BCUT2D eigenvalue weighted by Gasteiger charge is -2.23. The van der Waals surface area contributed by atoms with Crippen LogP contribution in [0, 0.1) is 0 Å². The van der Waals surface area contributed by atoms with Crippen molar-refractivity contribution in [3.63, 3.8) is 0 Å². The fourth-order valence-electron chi connectivity index (χ4n) is 1.91. The summed E-state index contributed by atoms with van der Waals surface area (Å²) in [5, 5.41) is 16.2. The van der Waals surface area contributed by atoms with Crippen molar-refractivity contribution in [1.82, 2.24) is 10.6 Å².